The molecule has 0 bridgehead atoms. The van der Waals surface area contributed by atoms with E-state index in [1.165, 1.54) is 7.11 Å². The molecule has 2 N–H and O–H groups in total. The molecule has 5 heteroatoms. The van der Waals surface area contributed by atoms with Crippen molar-refractivity contribution in [2.75, 3.05) is 13.9 Å². The van der Waals surface area contributed by atoms with Crippen LogP contribution >= 0.6 is 0 Å². The van der Waals surface area contributed by atoms with Gasteiger partial charge in [-0.3, -0.25) is 0 Å². The maximum atomic E-state index is 9.86. The maximum Gasteiger partial charge on any atom is 0.231 e. The van der Waals surface area contributed by atoms with E-state index in [4.69, 9.17) is 14.2 Å². The lowest BCUT2D eigenvalue weighted by Gasteiger charge is -2.27. The Balaban J connectivity index is 1.72. The van der Waals surface area contributed by atoms with Crippen molar-refractivity contribution in [3.63, 3.8) is 0 Å². The summed E-state index contributed by atoms with van der Waals surface area (Å²) < 4.78 is 15.9. The van der Waals surface area contributed by atoms with Crippen LogP contribution in [-0.4, -0.2) is 19.0 Å². The monoisotopic (exact) mass is 315 g/mol. The van der Waals surface area contributed by atoms with Gasteiger partial charge in [0.05, 0.1) is 7.11 Å². The normalized spacial score (nSPS) is 13.2. The highest BCUT2D eigenvalue weighted by molar-refractivity contribution is 5.46. The molecule has 3 rings (SSSR count). The highest BCUT2D eigenvalue weighted by Gasteiger charge is 2.23. The van der Waals surface area contributed by atoms with Crippen molar-refractivity contribution in [2.24, 2.45) is 0 Å². The SMILES string of the molecule is COc1ccc(CNC(C)(C)c2ccc3c(c2)OCO3)cc1O. The van der Waals surface area contributed by atoms with Gasteiger partial charge in [-0.1, -0.05) is 12.1 Å². The summed E-state index contributed by atoms with van der Waals surface area (Å²) in [7, 11) is 1.54. The first-order valence-electron chi connectivity index (χ1n) is 7.50. The molecule has 2 aromatic carbocycles. The minimum Gasteiger partial charge on any atom is -0.504 e. The quantitative estimate of drug-likeness (QED) is 0.887. The average molecular weight is 315 g/mol. The second-order valence-electron chi connectivity index (χ2n) is 6.05. The number of hydrogen-bond donors (Lipinski definition) is 2. The molecule has 0 spiro atoms. The molecule has 1 heterocycles. The van der Waals surface area contributed by atoms with E-state index in [2.05, 4.69) is 19.2 Å². The van der Waals surface area contributed by atoms with Gasteiger partial charge in [0.1, 0.15) is 0 Å². The molecule has 0 unspecified atom stereocenters. The maximum absolute atomic E-state index is 9.86. The second kappa shape index (κ2) is 6.01. The van der Waals surface area contributed by atoms with Crippen LogP contribution < -0.4 is 19.5 Å². The summed E-state index contributed by atoms with van der Waals surface area (Å²) in [5.41, 5.74) is 1.84. The summed E-state index contributed by atoms with van der Waals surface area (Å²) in [5, 5.41) is 13.4. The van der Waals surface area contributed by atoms with Crippen molar-refractivity contribution in [2.45, 2.75) is 25.9 Å². The van der Waals surface area contributed by atoms with Gasteiger partial charge in [-0.05, 0) is 49.2 Å². The van der Waals surface area contributed by atoms with Gasteiger partial charge < -0.3 is 24.6 Å². The summed E-state index contributed by atoms with van der Waals surface area (Å²) in [4.78, 5) is 0. The zero-order chi connectivity index (χ0) is 16.4. The predicted molar refractivity (Wildman–Crippen MR) is 87.1 cm³/mol. The van der Waals surface area contributed by atoms with Gasteiger partial charge in [0.2, 0.25) is 6.79 Å². The highest BCUT2D eigenvalue weighted by Crippen LogP contribution is 2.35. The third kappa shape index (κ3) is 3.19. The Bertz CT molecular complexity index is 712. The van der Waals surface area contributed by atoms with Crippen LogP contribution in [0.15, 0.2) is 36.4 Å². The number of hydrogen-bond acceptors (Lipinski definition) is 5. The van der Waals surface area contributed by atoms with Crippen LogP contribution in [0.3, 0.4) is 0 Å². The summed E-state index contributed by atoms with van der Waals surface area (Å²) in [6.07, 6.45) is 0. The van der Waals surface area contributed by atoms with E-state index in [1.807, 2.05) is 24.3 Å². The van der Waals surface area contributed by atoms with Crippen molar-refractivity contribution < 1.29 is 19.3 Å². The zero-order valence-electron chi connectivity index (χ0n) is 13.6. The number of ether oxygens (including phenoxy) is 3. The smallest absolute Gasteiger partial charge is 0.231 e. The van der Waals surface area contributed by atoms with Gasteiger partial charge in [0.15, 0.2) is 23.0 Å². The first-order valence-corrected chi connectivity index (χ1v) is 7.50. The van der Waals surface area contributed by atoms with E-state index in [1.54, 1.807) is 12.1 Å². The molecule has 0 saturated heterocycles. The van der Waals surface area contributed by atoms with Gasteiger partial charge in [-0.15, -0.1) is 0 Å². The topological polar surface area (TPSA) is 60.0 Å². The molecule has 0 aromatic heterocycles. The van der Waals surface area contributed by atoms with Crippen LogP contribution in [0, 0.1) is 0 Å². The van der Waals surface area contributed by atoms with Gasteiger partial charge in [-0.25, -0.2) is 0 Å². The average Bonchev–Trinajstić information content (AvgIpc) is 3.00. The van der Waals surface area contributed by atoms with E-state index in [9.17, 15) is 5.11 Å². The fourth-order valence-electron chi connectivity index (χ4n) is 2.56. The van der Waals surface area contributed by atoms with E-state index in [-0.39, 0.29) is 18.1 Å². The lowest BCUT2D eigenvalue weighted by Crippen LogP contribution is -2.35. The Morgan fingerprint density at radius 1 is 1.13 bits per heavy atom. The zero-order valence-corrected chi connectivity index (χ0v) is 13.6. The molecule has 0 saturated carbocycles. The van der Waals surface area contributed by atoms with E-state index in [0.717, 1.165) is 22.6 Å². The predicted octanol–water partition coefficient (Wildman–Crippen LogP) is 3.15. The first-order chi connectivity index (χ1) is 11.0. The minimum absolute atomic E-state index is 0.146. The van der Waals surface area contributed by atoms with Crippen molar-refractivity contribution >= 4 is 0 Å². The lowest BCUT2D eigenvalue weighted by atomic mass is 9.93. The van der Waals surface area contributed by atoms with Crippen LogP contribution in [0.4, 0.5) is 0 Å². The number of fused-ring (bicyclic) bond motifs is 1. The summed E-state index contributed by atoms with van der Waals surface area (Å²) in [6.45, 7) is 5.11. The number of nitrogens with one attached hydrogen (secondary N) is 1. The molecule has 0 radical (unpaired) electrons. The fraction of sp³-hybridized carbons (Fsp3) is 0.333. The lowest BCUT2D eigenvalue weighted by molar-refractivity contribution is 0.174. The third-order valence-electron chi connectivity index (χ3n) is 4.07. The molecule has 0 fully saturated rings. The number of benzene rings is 2. The number of phenolic OH excluding ortho intramolecular Hbond substituents is 1. The molecule has 2 aromatic rings. The molecule has 122 valence electrons. The van der Waals surface area contributed by atoms with Gasteiger partial charge >= 0.3 is 0 Å². The number of rotatable bonds is 5. The Morgan fingerprint density at radius 2 is 1.91 bits per heavy atom. The Kier molecular flexibility index (Phi) is 4.05. The fourth-order valence-corrected chi connectivity index (χ4v) is 2.56. The van der Waals surface area contributed by atoms with E-state index < -0.39 is 0 Å². The molecular weight excluding hydrogens is 294 g/mol. The van der Waals surface area contributed by atoms with Gasteiger partial charge in [-0.2, -0.15) is 0 Å². The third-order valence-corrected chi connectivity index (χ3v) is 4.07. The number of aromatic hydroxyl groups is 1. The summed E-state index contributed by atoms with van der Waals surface area (Å²) >= 11 is 0. The number of phenols is 1. The van der Waals surface area contributed by atoms with Crippen LogP contribution in [-0.2, 0) is 12.1 Å². The van der Waals surface area contributed by atoms with Gasteiger partial charge in [0, 0.05) is 12.1 Å². The minimum atomic E-state index is -0.253. The van der Waals surface area contributed by atoms with Crippen molar-refractivity contribution in [1.82, 2.24) is 5.32 Å². The van der Waals surface area contributed by atoms with Crippen molar-refractivity contribution in [3.05, 3.63) is 47.5 Å². The molecule has 0 amide bonds. The molecule has 1 aliphatic heterocycles. The molecule has 5 nitrogen and oxygen atoms in total. The Morgan fingerprint density at radius 3 is 2.65 bits per heavy atom. The number of methoxy groups -OCH3 is 1. The molecule has 23 heavy (non-hydrogen) atoms. The van der Waals surface area contributed by atoms with Crippen LogP contribution in [0.1, 0.15) is 25.0 Å². The molecule has 0 atom stereocenters. The Labute approximate surface area is 135 Å². The second-order valence-corrected chi connectivity index (χ2v) is 6.05. The molecule has 0 aliphatic carbocycles. The van der Waals surface area contributed by atoms with Crippen molar-refractivity contribution in [1.29, 1.82) is 0 Å². The highest BCUT2D eigenvalue weighted by atomic mass is 16.7. The van der Waals surface area contributed by atoms with E-state index in [0.29, 0.717) is 12.3 Å². The summed E-state index contributed by atoms with van der Waals surface area (Å²) in [5.74, 6) is 2.18. The van der Waals surface area contributed by atoms with Crippen LogP contribution in [0.25, 0.3) is 0 Å². The van der Waals surface area contributed by atoms with Crippen molar-refractivity contribution in [3.8, 4) is 23.0 Å². The standard InChI is InChI=1S/C18H21NO4/c1-18(2,13-5-7-16-17(9-13)23-11-22-16)19-10-12-4-6-15(21-3)14(20)8-12/h4-9,19-20H,10-11H2,1-3H3. The van der Waals surface area contributed by atoms with Crippen LogP contribution in [0.5, 0.6) is 23.0 Å². The largest absolute Gasteiger partial charge is 0.504 e. The Hall–Kier alpha value is -2.40. The van der Waals surface area contributed by atoms with E-state index >= 15 is 0 Å². The first kappa shape index (κ1) is 15.5. The summed E-state index contributed by atoms with van der Waals surface area (Å²) in [6, 6.07) is 11.4. The van der Waals surface area contributed by atoms with Crippen LogP contribution in [0.2, 0.25) is 0 Å². The van der Waals surface area contributed by atoms with Gasteiger partial charge in [0.25, 0.3) is 0 Å². The molecule has 1 aliphatic rings. The molecular formula is C18H21NO4.